The number of rotatable bonds is 9. The Morgan fingerprint density at radius 3 is 2.28 bits per heavy atom. The van der Waals surface area contributed by atoms with Gasteiger partial charge in [0.25, 0.3) is 15.9 Å². The van der Waals surface area contributed by atoms with Gasteiger partial charge in [0, 0.05) is 6.07 Å². The minimum atomic E-state index is -4.11. The second-order valence-electron chi connectivity index (χ2n) is 8.38. The number of nitrogens with one attached hydrogen (secondary N) is 1. The van der Waals surface area contributed by atoms with Gasteiger partial charge in [-0.05, 0) is 74.2 Å². The maximum atomic E-state index is 13.6. The molecule has 0 heterocycles. The fourth-order valence-electron chi connectivity index (χ4n) is 3.58. The van der Waals surface area contributed by atoms with Crippen LogP contribution in [0.5, 0.6) is 11.5 Å². The first-order chi connectivity index (χ1) is 17.1. The molecule has 0 radical (unpaired) electrons. The normalized spacial score (nSPS) is 11.4. The zero-order valence-corrected chi connectivity index (χ0v) is 22.1. The van der Waals surface area contributed by atoms with Crippen molar-refractivity contribution in [2.24, 2.45) is 5.10 Å². The molecule has 1 amide bonds. The van der Waals surface area contributed by atoms with Gasteiger partial charge in [-0.1, -0.05) is 29.8 Å². The number of hydrazone groups is 1. The van der Waals surface area contributed by atoms with Crippen molar-refractivity contribution < 1.29 is 22.7 Å². The number of sulfonamides is 1. The minimum Gasteiger partial charge on any atom is -0.497 e. The van der Waals surface area contributed by atoms with Gasteiger partial charge in [-0.25, -0.2) is 13.8 Å². The molecule has 36 heavy (non-hydrogen) atoms. The average Bonchev–Trinajstić information content (AvgIpc) is 2.87. The van der Waals surface area contributed by atoms with Crippen LogP contribution < -0.4 is 19.2 Å². The van der Waals surface area contributed by atoms with E-state index in [0.29, 0.717) is 5.75 Å². The summed E-state index contributed by atoms with van der Waals surface area (Å²) >= 11 is 0. The van der Waals surface area contributed by atoms with E-state index in [2.05, 4.69) is 10.5 Å². The lowest BCUT2D eigenvalue weighted by molar-refractivity contribution is -0.119. The summed E-state index contributed by atoms with van der Waals surface area (Å²) in [5.41, 5.74) is 7.78. The highest BCUT2D eigenvalue weighted by Gasteiger charge is 2.29. The largest absolute Gasteiger partial charge is 0.497 e. The molecule has 0 aliphatic heterocycles. The lowest BCUT2D eigenvalue weighted by Gasteiger charge is -2.25. The van der Waals surface area contributed by atoms with Crippen molar-refractivity contribution in [2.75, 3.05) is 25.1 Å². The summed E-state index contributed by atoms with van der Waals surface area (Å²) in [4.78, 5) is 12.9. The van der Waals surface area contributed by atoms with Gasteiger partial charge in [-0.2, -0.15) is 5.10 Å². The molecular weight excluding hydrogens is 478 g/mol. The molecule has 3 aromatic rings. The summed E-state index contributed by atoms with van der Waals surface area (Å²) in [6.07, 6.45) is 1.55. The van der Waals surface area contributed by atoms with Crippen molar-refractivity contribution in [2.45, 2.75) is 32.6 Å². The van der Waals surface area contributed by atoms with Crippen LogP contribution in [-0.2, 0) is 14.8 Å². The first-order valence-electron chi connectivity index (χ1n) is 11.3. The maximum absolute atomic E-state index is 13.6. The van der Waals surface area contributed by atoms with Crippen molar-refractivity contribution in [3.63, 3.8) is 0 Å². The third-order valence-corrected chi connectivity index (χ3v) is 7.82. The number of amides is 1. The molecule has 0 aromatic heterocycles. The molecule has 0 saturated heterocycles. The number of methoxy groups -OCH3 is 2. The smallest absolute Gasteiger partial charge is 0.264 e. The Kier molecular flexibility index (Phi) is 8.37. The molecule has 9 heteroatoms. The summed E-state index contributed by atoms with van der Waals surface area (Å²) < 4.78 is 38.9. The summed E-state index contributed by atoms with van der Waals surface area (Å²) in [6.45, 7) is 7.39. The van der Waals surface area contributed by atoms with Crippen molar-refractivity contribution >= 4 is 27.8 Å². The molecule has 190 valence electrons. The van der Waals surface area contributed by atoms with Crippen LogP contribution >= 0.6 is 0 Å². The van der Waals surface area contributed by atoms with E-state index in [4.69, 9.17) is 9.47 Å². The van der Waals surface area contributed by atoms with Crippen LogP contribution in [0, 0.1) is 27.7 Å². The number of hydrogen-bond acceptors (Lipinski definition) is 6. The van der Waals surface area contributed by atoms with Crippen LogP contribution in [0.3, 0.4) is 0 Å². The Hall–Kier alpha value is -3.85. The van der Waals surface area contributed by atoms with Crippen molar-refractivity contribution in [1.29, 1.82) is 0 Å². The van der Waals surface area contributed by atoms with E-state index in [1.165, 1.54) is 31.9 Å². The lowest BCUT2D eigenvalue weighted by Crippen LogP contribution is -2.39. The monoisotopic (exact) mass is 509 g/mol. The Morgan fingerprint density at radius 1 is 0.944 bits per heavy atom. The zero-order chi connectivity index (χ0) is 26.5. The van der Waals surface area contributed by atoms with Crippen LogP contribution in [0.4, 0.5) is 5.69 Å². The molecule has 0 spiro atoms. The quantitative estimate of drug-likeness (QED) is 0.343. The summed E-state index contributed by atoms with van der Waals surface area (Å²) in [6, 6.07) is 15.0. The predicted molar refractivity (Wildman–Crippen MR) is 142 cm³/mol. The third-order valence-electron chi connectivity index (χ3n) is 6.04. The number of ether oxygens (including phenoxy) is 2. The highest BCUT2D eigenvalue weighted by atomic mass is 32.2. The second-order valence-corrected chi connectivity index (χ2v) is 10.2. The standard InChI is InChI=1S/C27H31N3O5S/c1-18-7-12-24(13-8-18)36(32,33)30(25-14-11-23(34-5)15-26(25)35-6)17-27(31)29-28-16-22-10-9-19(2)20(3)21(22)4/h7-16H,17H2,1-6H3,(H,29,31)/b28-16-. The van der Waals surface area contributed by atoms with Gasteiger partial charge < -0.3 is 9.47 Å². The van der Waals surface area contributed by atoms with E-state index in [1.54, 1.807) is 36.5 Å². The number of carbonyl (C=O) groups excluding carboxylic acids is 1. The fraction of sp³-hybridized carbons (Fsp3) is 0.259. The lowest BCUT2D eigenvalue weighted by atomic mass is 10.00. The second kappa shape index (κ2) is 11.3. The highest BCUT2D eigenvalue weighted by molar-refractivity contribution is 7.92. The minimum absolute atomic E-state index is 0.0491. The van der Waals surface area contributed by atoms with E-state index in [1.807, 2.05) is 39.8 Å². The molecule has 8 nitrogen and oxygen atoms in total. The van der Waals surface area contributed by atoms with Crippen LogP contribution in [-0.4, -0.2) is 41.3 Å². The van der Waals surface area contributed by atoms with Gasteiger partial charge in [0.15, 0.2) is 0 Å². The van der Waals surface area contributed by atoms with Crippen molar-refractivity contribution in [3.05, 3.63) is 82.4 Å². The molecule has 0 saturated carbocycles. The molecule has 0 fully saturated rings. The van der Waals surface area contributed by atoms with Gasteiger partial charge >= 0.3 is 0 Å². The summed E-state index contributed by atoms with van der Waals surface area (Å²) in [5, 5.41) is 4.06. The Bertz CT molecular complexity index is 1380. The molecule has 0 aliphatic rings. The first-order valence-corrected chi connectivity index (χ1v) is 12.7. The average molecular weight is 510 g/mol. The van der Waals surface area contributed by atoms with Gasteiger partial charge in [0.05, 0.1) is 31.0 Å². The highest BCUT2D eigenvalue weighted by Crippen LogP contribution is 2.35. The van der Waals surface area contributed by atoms with Gasteiger partial charge in [-0.15, -0.1) is 0 Å². The molecule has 0 aliphatic carbocycles. The topological polar surface area (TPSA) is 97.3 Å². The molecule has 3 rings (SSSR count). The molecule has 0 atom stereocenters. The number of nitrogens with zero attached hydrogens (tertiary/aromatic N) is 2. The third kappa shape index (κ3) is 5.85. The SMILES string of the molecule is COc1ccc(N(CC(=O)N/N=C\c2ccc(C)c(C)c2C)S(=O)(=O)c2ccc(C)cc2)c(OC)c1. The Labute approximate surface area is 212 Å². The van der Waals surface area contributed by atoms with Crippen LogP contribution in [0.25, 0.3) is 0 Å². The van der Waals surface area contributed by atoms with Gasteiger partial charge in [0.1, 0.15) is 18.0 Å². The van der Waals surface area contributed by atoms with E-state index >= 15 is 0 Å². The van der Waals surface area contributed by atoms with Crippen molar-refractivity contribution in [3.8, 4) is 11.5 Å². The van der Waals surface area contributed by atoms with Gasteiger partial charge in [-0.3, -0.25) is 9.10 Å². The molecule has 1 N–H and O–H groups in total. The van der Waals surface area contributed by atoms with E-state index < -0.39 is 22.5 Å². The summed E-state index contributed by atoms with van der Waals surface area (Å²) in [5.74, 6) is 0.120. The van der Waals surface area contributed by atoms with E-state index in [0.717, 1.165) is 26.6 Å². The Balaban J connectivity index is 1.94. The van der Waals surface area contributed by atoms with Crippen LogP contribution in [0.1, 0.15) is 27.8 Å². The maximum Gasteiger partial charge on any atom is 0.264 e. The number of benzene rings is 3. The van der Waals surface area contributed by atoms with E-state index in [9.17, 15) is 13.2 Å². The summed E-state index contributed by atoms with van der Waals surface area (Å²) in [7, 11) is -1.19. The predicted octanol–water partition coefficient (Wildman–Crippen LogP) is 4.28. The van der Waals surface area contributed by atoms with Crippen LogP contribution in [0.2, 0.25) is 0 Å². The number of anilines is 1. The first kappa shape index (κ1) is 26.7. The zero-order valence-electron chi connectivity index (χ0n) is 21.3. The molecule has 0 bridgehead atoms. The van der Waals surface area contributed by atoms with Crippen molar-refractivity contribution in [1.82, 2.24) is 5.43 Å². The van der Waals surface area contributed by atoms with E-state index in [-0.39, 0.29) is 16.3 Å². The van der Waals surface area contributed by atoms with Crippen LogP contribution in [0.15, 0.2) is 64.6 Å². The number of aryl methyl sites for hydroxylation is 2. The molecule has 3 aromatic carbocycles. The molecule has 0 unspecified atom stereocenters. The van der Waals surface area contributed by atoms with Gasteiger partial charge in [0.2, 0.25) is 0 Å². The molecular formula is C27H31N3O5S. The number of carbonyl (C=O) groups is 1. The fourth-order valence-corrected chi connectivity index (χ4v) is 5.02. The Morgan fingerprint density at radius 2 is 1.64 bits per heavy atom. The number of hydrogen-bond donors (Lipinski definition) is 1.